The number of pyridine rings is 1. The Hall–Kier alpha value is -1.98. The fraction of sp³-hybridized carbons (Fsp3) is 0.143. The van der Waals surface area contributed by atoms with Gasteiger partial charge in [-0.05, 0) is 6.92 Å². The highest BCUT2D eigenvalue weighted by Crippen LogP contribution is 2.16. The molecular formula is C7H7N3O3. The quantitative estimate of drug-likeness (QED) is 0.412. The predicted molar refractivity (Wildman–Crippen MR) is 45.3 cm³/mol. The first-order chi connectivity index (χ1) is 6.02. The normalized spacial score (nSPS) is 9.62. The fourth-order valence-electron chi connectivity index (χ4n) is 0.846. The van der Waals surface area contributed by atoms with Crippen LogP contribution in [-0.2, 0) is 0 Å². The third-order valence-corrected chi connectivity index (χ3v) is 1.49. The number of ketones is 1. The Morgan fingerprint density at radius 3 is 2.77 bits per heavy atom. The zero-order valence-corrected chi connectivity index (χ0v) is 6.85. The third-order valence-electron chi connectivity index (χ3n) is 1.49. The minimum absolute atomic E-state index is 0.0121. The average Bonchev–Trinajstić information content (AvgIpc) is 2.04. The number of anilines is 1. The second kappa shape index (κ2) is 3.18. The number of hydrogen-bond acceptors (Lipinski definition) is 5. The second-order valence-electron chi connectivity index (χ2n) is 2.44. The van der Waals surface area contributed by atoms with E-state index in [0.29, 0.717) is 0 Å². The van der Waals surface area contributed by atoms with E-state index in [4.69, 9.17) is 5.73 Å². The molecule has 1 aromatic rings. The maximum absolute atomic E-state index is 10.9. The molecule has 0 bridgehead atoms. The first kappa shape index (κ1) is 9.11. The van der Waals surface area contributed by atoms with Crippen LogP contribution in [0.2, 0.25) is 0 Å². The van der Waals surface area contributed by atoms with Crippen molar-refractivity contribution in [2.75, 3.05) is 5.73 Å². The number of nitro groups is 1. The summed E-state index contributed by atoms with van der Waals surface area (Å²) >= 11 is 0. The van der Waals surface area contributed by atoms with Crippen LogP contribution in [0.25, 0.3) is 0 Å². The van der Waals surface area contributed by atoms with Crippen LogP contribution >= 0.6 is 0 Å². The molecule has 0 aromatic carbocycles. The molecule has 0 spiro atoms. The van der Waals surface area contributed by atoms with Gasteiger partial charge in [0.05, 0.1) is 10.5 Å². The number of Topliss-reactive ketones (excluding diaryl/α,β-unsaturated/α-hetero) is 1. The Labute approximate surface area is 73.5 Å². The lowest BCUT2D eigenvalue weighted by Crippen LogP contribution is -2.03. The molecule has 0 saturated heterocycles. The van der Waals surface area contributed by atoms with Crippen molar-refractivity contribution in [2.45, 2.75) is 6.92 Å². The smallest absolute Gasteiger partial charge is 0.288 e. The molecule has 0 atom stereocenters. The van der Waals surface area contributed by atoms with Gasteiger partial charge in [0.1, 0.15) is 12.0 Å². The molecule has 0 aliphatic carbocycles. The molecule has 13 heavy (non-hydrogen) atoms. The number of carbonyl (C=O) groups excluding carboxylic acids is 1. The zero-order chi connectivity index (χ0) is 10.0. The van der Waals surface area contributed by atoms with Crippen molar-refractivity contribution in [3.8, 4) is 0 Å². The Kier molecular flexibility index (Phi) is 2.23. The third kappa shape index (κ3) is 1.78. The highest BCUT2D eigenvalue weighted by molar-refractivity contribution is 5.98. The summed E-state index contributed by atoms with van der Waals surface area (Å²) < 4.78 is 0. The van der Waals surface area contributed by atoms with Crippen molar-refractivity contribution in [1.82, 2.24) is 4.98 Å². The maximum atomic E-state index is 10.9. The Morgan fingerprint density at radius 2 is 2.31 bits per heavy atom. The molecule has 6 heteroatoms. The number of nitrogens with two attached hydrogens (primary N) is 1. The molecule has 0 amide bonds. The Bertz CT molecular complexity index is 375. The van der Waals surface area contributed by atoms with E-state index in [2.05, 4.69) is 4.98 Å². The molecule has 68 valence electrons. The summed E-state index contributed by atoms with van der Waals surface area (Å²) in [7, 11) is 0. The predicted octanol–water partition coefficient (Wildman–Crippen LogP) is 0.775. The van der Waals surface area contributed by atoms with Gasteiger partial charge in [0, 0.05) is 6.07 Å². The lowest BCUT2D eigenvalue weighted by atomic mass is 10.2. The fourth-order valence-corrected chi connectivity index (χ4v) is 0.846. The molecule has 0 aliphatic heterocycles. The van der Waals surface area contributed by atoms with Crippen LogP contribution in [0.4, 0.5) is 11.5 Å². The average molecular weight is 181 g/mol. The van der Waals surface area contributed by atoms with Gasteiger partial charge >= 0.3 is 0 Å². The molecule has 1 heterocycles. The lowest BCUT2D eigenvalue weighted by Gasteiger charge is -1.98. The molecule has 2 N–H and O–H groups in total. The van der Waals surface area contributed by atoms with Crippen molar-refractivity contribution in [1.29, 1.82) is 0 Å². The van der Waals surface area contributed by atoms with Gasteiger partial charge in [0.2, 0.25) is 0 Å². The van der Waals surface area contributed by atoms with E-state index in [0.717, 1.165) is 12.3 Å². The highest BCUT2D eigenvalue weighted by atomic mass is 16.6. The van der Waals surface area contributed by atoms with Gasteiger partial charge in [0.15, 0.2) is 5.78 Å². The number of aromatic nitrogens is 1. The van der Waals surface area contributed by atoms with Crippen LogP contribution in [0.1, 0.15) is 17.3 Å². The monoisotopic (exact) mass is 181 g/mol. The number of carbonyl (C=O) groups is 1. The van der Waals surface area contributed by atoms with Crippen LogP contribution in [-0.4, -0.2) is 15.7 Å². The summed E-state index contributed by atoms with van der Waals surface area (Å²) in [6, 6.07) is 1.12. The molecular weight excluding hydrogens is 174 g/mol. The van der Waals surface area contributed by atoms with Gasteiger partial charge in [-0.1, -0.05) is 0 Å². The SMILES string of the molecule is CC(=O)c1cc([N+](=O)[O-])cnc1N. The second-order valence-corrected chi connectivity index (χ2v) is 2.44. The van der Waals surface area contributed by atoms with Crippen molar-refractivity contribution < 1.29 is 9.72 Å². The Morgan fingerprint density at radius 1 is 1.69 bits per heavy atom. The highest BCUT2D eigenvalue weighted by Gasteiger charge is 2.12. The molecule has 6 nitrogen and oxygen atoms in total. The van der Waals surface area contributed by atoms with Crippen molar-refractivity contribution in [3.05, 3.63) is 27.9 Å². The van der Waals surface area contributed by atoms with E-state index in [1.54, 1.807) is 0 Å². The van der Waals surface area contributed by atoms with E-state index < -0.39 is 4.92 Å². The van der Waals surface area contributed by atoms with Gasteiger partial charge in [-0.2, -0.15) is 0 Å². The first-order valence-electron chi connectivity index (χ1n) is 3.43. The van der Waals surface area contributed by atoms with E-state index in [9.17, 15) is 14.9 Å². The van der Waals surface area contributed by atoms with E-state index >= 15 is 0 Å². The zero-order valence-electron chi connectivity index (χ0n) is 6.85. The Balaban J connectivity index is 3.27. The standard InChI is InChI=1S/C7H7N3O3/c1-4(11)6-2-5(10(12)13)3-9-7(6)8/h2-3H,1H3,(H2,8,9). The number of nitrogens with zero attached hydrogens (tertiary/aromatic N) is 2. The number of rotatable bonds is 2. The minimum Gasteiger partial charge on any atom is -0.383 e. The topological polar surface area (TPSA) is 99.1 Å². The van der Waals surface area contributed by atoms with Crippen LogP contribution in [0.5, 0.6) is 0 Å². The van der Waals surface area contributed by atoms with Gasteiger partial charge in [-0.15, -0.1) is 0 Å². The number of nitrogen functional groups attached to an aromatic ring is 1. The first-order valence-corrected chi connectivity index (χ1v) is 3.43. The molecule has 0 radical (unpaired) electrons. The largest absolute Gasteiger partial charge is 0.383 e. The lowest BCUT2D eigenvalue weighted by molar-refractivity contribution is -0.385. The summed E-state index contributed by atoms with van der Waals surface area (Å²) in [6.07, 6.45) is 1.02. The minimum atomic E-state index is -0.626. The maximum Gasteiger partial charge on any atom is 0.288 e. The summed E-state index contributed by atoms with van der Waals surface area (Å²) in [5, 5.41) is 10.3. The molecule has 1 aromatic heterocycles. The van der Waals surface area contributed by atoms with Crippen molar-refractivity contribution >= 4 is 17.3 Å². The van der Waals surface area contributed by atoms with Gasteiger partial charge < -0.3 is 5.73 Å². The van der Waals surface area contributed by atoms with Crippen LogP contribution in [0.3, 0.4) is 0 Å². The number of hydrogen-bond donors (Lipinski definition) is 1. The summed E-state index contributed by atoms with van der Waals surface area (Å²) in [6.45, 7) is 1.27. The summed E-state index contributed by atoms with van der Waals surface area (Å²) in [4.78, 5) is 24.1. The van der Waals surface area contributed by atoms with Crippen molar-refractivity contribution in [2.24, 2.45) is 0 Å². The van der Waals surface area contributed by atoms with Gasteiger partial charge in [-0.3, -0.25) is 14.9 Å². The van der Waals surface area contributed by atoms with Crippen LogP contribution in [0, 0.1) is 10.1 Å². The molecule has 0 aliphatic rings. The molecule has 0 unspecified atom stereocenters. The molecule has 0 fully saturated rings. The van der Waals surface area contributed by atoms with E-state index in [1.165, 1.54) is 6.92 Å². The van der Waals surface area contributed by atoms with Crippen LogP contribution < -0.4 is 5.73 Å². The van der Waals surface area contributed by atoms with Crippen LogP contribution in [0.15, 0.2) is 12.3 Å². The van der Waals surface area contributed by atoms with E-state index in [-0.39, 0.29) is 22.9 Å². The van der Waals surface area contributed by atoms with E-state index in [1.807, 2.05) is 0 Å². The molecule has 0 saturated carbocycles. The van der Waals surface area contributed by atoms with Gasteiger partial charge in [0.25, 0.3) is 5.69 Å². The molecule has 1 rings (SSSR count). The van der Waals surface area contributed by atoms with Gasteiger partial charge in [-0.25, -0.2) is 4.98 Å². The van der Waals surface area contributed by atoms with Crippen molar-refractivity contribution in [3.63, 3.8) is 0 Å². The summed E-state index contributed by atoms with van der Waals surface area (Å²) in [5.74, 6) is -0.327. The summed E-state index contributed by atoms with van der Waals surface area (Å²) in [5.41, 5.74) is 5.18.